The molecular weight excluding hydrogens is 646 g/mol. The Kier molecular flexibility index (Phi) is 9.54. The molecule has 3 fully saturated rings. The number of nitriles is 1. The predicted octanol–water partition coefficient (Wildman–Crippen LogP) is 5.34. The van der Waals surface area contributed by atoms with Crippen molar-refractivity contribution in [2.24, 2.45) is 0 Å². The highest BCUT2D eigenvalue weighted by Crippen LogP contribution is 2.39. The number of hydrogen-bond donors (Lipinski definition) is 1. The molecule has 1 aliphatic carbocycles. The zero-order chi connectivity index (χ0) is 34.6. The second-order valence-electron chi connectivity index (χ2n) is 13.6. The average Bonchev–Trinajstić information content (AvgIpc) is 3.89. The van der Waals surface area contributed by atoms with E-state index in [-0.39, 0.29) is 12.1 Å². The molecule has 0 radical (unpaired) electrons. The summed E-state index contributed by atoms with van der Waals surface area (Å²) in [6.45, 7) is 4.46. The number of pyridine rings is 1. The molecular formula is C37H41N11O3. The van der Waals surface area contributed by atoms with Crippen LogP contribution in [0.15, 0.2) is 73.8 Å². The van der Waals surface area contributed by atoms with Crippen molar-refractivity contribution in [3.8, 4) is 28.8 Å². The van der Waals surface area contributed by atoms with E-state index in [1.807, 2.05) is 43.5 Å². The van der Waals surface area contributed by atoms with Gasteiger partial charge >= 0.3 is 0 Å². The maximum atomic E-state index is 9.71. The van der Waals surface area contributed by atoms with Crippen LogP contribution in [0.2, 0.25) is 0 Å². The molecule has 262 valence electrons. The van der Waals surface area contributed by atoms with Gasteiger partial charge in [-0.05, 0) is 75.3 Å². The van der Waals surface area contributed by atoms with E-state index in [2.05, 4.69) is 46.0 Å². The first-order chi connectivity index (χ1) is 25.1. The monoisotopic (exact) mass is 687 g/mol. The smallest absolute Gasteiger partial charge is 0.257 e. The highest BCUT2D eigenvalue weighted by atomic mass is 16.5. The van der Waals surface area contributed by atoms with Gasteiger partial charge in [-0.25, -0.2) is 19.6 Å². The van der Waals surface area contributed by atoms with Gasteiger partial charge in [0.25, 0.3) is 5.88 Å². The van der Waals surface area contributed by atoms with Crippen LogP contribution in [0.3, 0.4) is 0 Å². The van der Waals surface area contributed by atoms with Crippen molar-refractivity contribution in [2.45, 2.75) is 88.9 Å². The number of rotatable bonds is 12. The summed E-state index contributed by atoms with van der Waals surface area (Å²) in [7, 11) is 0. The SMILES string of the molecule is C[C@@H](Cn1cncn1)Oc1cc(-c2cnc(Nc3cn([C@H]4CC[C@H](N5[C@@H]6CC[C@@H]5COC6)CC4)nc3OCc3ccccn3)nc2)ccc1C#N. The third kappa shape index (κ3) is 7.40. The lowest BCUT2D eigenvalue weighted by Crippen LogP contribution is -2.52. The lowest BCUT2D eigenvalue weighted by Gasteiger charge is -2.43. The van der Waals surface area contributed by atoms with Gasteiger partial charge in [-0.2, -0.15) is 10.4 Å². The van der Waals surface area contributed by atoms with Gasteiger partial charge < -0.3 is 19.5 Å². The molecule has 0 unspecified atom stereocenters. The van der Waals surface area contributed by atoms with E-state index in [9.17, 15) is 5.26 Å². The minimum atomic E-state index is -0.234. The van der Waals surface area contributed by atoms with Crippen molar-refractivity contribution < 1.29 is 14.2 Å². The molecule has 2 aliphatic heterocycles. The summed E-state index contributed by atoms with van der Waals surface area (Å²) >= 11 is 0. The topological polar surface area (TPSA) is 154 Å². The molecule has 4 aromatic heterocycles. The first kappa shape index (κ1) is 32.8. The molecule has 0 amide bonds. The van der Waals surface area contributed by atoms with E-state index in [4.69, 9.17) is 19.3 Å². The molecule has 14 heteroatoms. The molecule has 51 heavy (non-hydrogen) atoms. The number of fused-ring (bicyclic) bond motifs is 2. The third-order valence-corrected chi connectivity index (χ3v) is 10.1. The number of nitrogens with zero attached hydrogens (tertiary/aromatic N) is 10. The second-order valence-corrected chi connectivity index (χ2v) is 13.6. The van der Waals surface area contributed by atoms with Crippen LogP contribution >= 0.6 is 0 Å². The Morgan fingerprint density at radius 3 is 2.47 bits per heavy atom. The summed E-state index contributed by atoms with van der Waals surface area (Å²) in [4.78, 5) is 20.4. The first-order valence-electron chi connectivity index (χ1n) is 17.7. The van der Waals surface area contributed by atoms with Crippen LogP contribution in [0.1, 0.15) is 62.7 Å². The van der Waals surface area contributed by atoms with Crippen LogP contribution in [0.25, 0.3) is 11.1 Å². The van der Waals surface area contributed by atoms with Crippen LogP contribution < -0.4 is 14.8 Å². The zero-order valence-electron chi connectivity index (χ0n) is 28.6. The van der Waals surface area contributed by atoms with Crippen LogP contribution in [0, 0.1) is 11.3 Å². The quantitative estimate of drug-likeness (QED) is 0.180. The minimum absolute atomic E-state index is 0.234. The van der Waals surface area contributed by atoms with Crippen LogP contribution in [0.5, 0.6) is 11.6 Å². The van der Waals surface area contributed by atoms with E-state index in [1.165, 1.54) is 19.2 Å². The molecule has 5 aromatic rings. The van der Waals surface area contributed by atoms with Crippen LogP contribution in [-0.4, -0.2) is 81.8 Å². The number of hydrogen-bond acceptors (Lipinski definition) is 12. The Hall–Kier alpha value is -5.39. The van der Waals surface area contributed by atoms with Gasteiger partial charge in [0, 0.05) is 42.3 Å². The fourth-order valence-electron chi connectivity index (χ4n) is 7.66. The molecule has 0 spiro atoms. The number of benzene rings is 1. The van der Waals surface area contributed by atoms with Gasteiger partial charge in [-0.15, -0.1) is 5.10 Å². The van der Waals surface area contributed by atoms with Crippen molar-refractivity contribution in [2.75, 3.05) is 18.5 Å². The molecule has 6 heterocycles. The van der Waals surface area contributed by atoms with Gasteiger partial charge in [0.05, 0.1) is 43.3 Å². The molecule has 14 nitrogen and oxygen atoms in total. The summed E-state index contributed by atoms with van der Waals surface area (Å²) in [5.41, 5.74) is 3.57. The predicted molar refractivity (Wildman–Crippen MR) is 187 cm³/mol. The number of nitrogens with one attached hydrogen (secondary N) is 1. The van der Waals surface area contributed by atoms with E-state index >= 15 is 0 Å². The summed E-state index contributed by atoms with van der Waals surface area (Å²) in [6, 6.07) is 15.5. The number of anilines is 2. The molecule has 8 rings (SSSR count). The summed E-state index contributed by atoms with van der Waals surface area (Å²) in [5, 5.41) is 22.1. The molecule has 3 aliphatic rings. The van der Waals surface area contributed by atoms with Gasteiger partial charge in [0.15, 0.2) is 0 Å². The highest BCUT2D eigenvalue weighted by molar-refractivity contribution is 5.67. The van der Waals surface area contributed by atoms with E-state index in [0.717, 1.165) is 55.7 Å². The summed E-state index contributed by atoms with van der Waals surface area (Å²) in [5.74, 6) is 1.38. The minimum Gasteiger partial charge on any atom is -0.487 e. The molecule has 2 saturated heterocycles. The number of morpholine rings is 1. The van der Waals surface area contributed by atoms with Crippen molar-refractivity contribution in [3.63, 3.8) is 0 Å². The third-order valence-electron chi connectivity index (χ3n) is 10.1. The van der Waals surface area contributed by atoms with E-state index in [1.54, 1.807) is 35.7 Å². The Labute approximate surface area is 296 Å². The van der Waals surface area contributed by atoms with Gasteiger partial charge in [0.1, 0.15) is 42.9 Å². The molecule has 3 atom stereocenters. The number of aromatic nitrogens is 8. The fraction of sp³-hybridized carbons (Fsp3) is 0.432. The largest absolute Gasteiger partial charge is 0.487 e. The molecule has 1 N–H and O–H groups in total. The van der Waals surface area contributed by atoms with Crippen LogP contribution in [-0.2, 0) is 17.9 Å². The standard InChI is InChI=1S/C37H41N11O3/c1-25(18-46-24-39-23-43-46)51-35-14-26(5-6-27(35)15-38)28-16-41-37(42-17-28)44-34-19-47(45-36(34)50-20-29-4-2-3-13-40-29)30-7-9-31(10-8-30)48-32-11-12-33(48)22-49-21-32/h2-6,13-14,16-17,19,23-25,30-33H,7-12,18,20-22H2,1H3,(H,41,42,44)/t25-,30-,31-,32+,33+/m0/s1. The van der Waals surface area contributed by atoms with E-state index < -0.39 is 0 Å². The number of ether oxygens (including phenoxy) is 3. The van der Waals surface area contributed by atoms with Gasteiger partial charge in [0.2, 0.25) is 5.95 Å². The molecule has 1 saturated carbocycles. The maximum Gasteiger partial charge on any atom is 0.257 e. The normalized spacial score (nSPS) is 22.3. The summed E-state index contributed by atoms with van der Waals surface area (Å²) < 4.78 is 22.0. The Morgan fingerprint density at radius 1 is 0.961 bits per heavy atom. The Morgan fingerprint density at radius 2 is 1.75 bits per heavy atom. The first-order valence-corrected chi connectivity index (χ1v) is 17.7. The molecule has 2 bridgehead atoms. The van der Waals surface area contributed by atoms with Crippen molar-refractivity contribution in [3.05, 3.63) is 85.1 Å². The van der Waals surface area contributed by atoms with Crippen LogP contribution in [0.4, 0.5) is 11.6 Å². The lowest BCUT2D eigenvalue weighted by molar-refractivity contribution is -0.0458. The fourth-order valence-corrected chi connectivity index (χ4v) is 7.66. The highest BCUT2D eigenvalue weighted by Gasteiger charge is 2.42. The molecule has 1 aromatic carbocycles. The van der Waals surface area contributed by atoms with Gasteiger partial charge in [-0.1, -0.05) is 12.1 Å². The van der Waals surface area contributed by atoms with Crippen molar-refractivity contribution in [1.82, 2.24) is 44.4 Å². The second kappa shape index (κ2) is 14.8. The van der Waals surface area contributed by atoms with E-state index in [0.29, 0.717) is 60.1 Å². The van der Waals surface area contributed by atoms with Crippen molar-refractivity contribution >= 4 is 11.6 Å². The maximum absolute atomic E-state index is 9.71. The average molecular weight is 688 g/mol. The van der Waals surface area contributed by atoms with Gasteiger partial charge in [-0.3, -0.25) is 14.6 Å². The van der Waals surface area contributed by atoms with Crippen molar-refractivity contribution in [1.29, 1.82) is 5.26 Å². The Balaban J connectivity index is 0.968. The zero-order valence-corrected chi connectivity index (χ0v) is 28.6. The summed E-state index contributed by atoms with van der Waals surface area (Å²) in [6.07, 6.45) is 17.1. The lowest BCUT2D eigenvalue weighted by atomic mass is 9.89. The Bertz CT molecular complexity index is 1920.